The van der Waals surface area contributed by atoms with Crippen LogP contribution in [0.25, 0.3) is 16.7 Å². The van der Waals surface area contributed by atoms with Crippen molar-refractivity contribution >= 4 is 38.6 Å². The van der Waals surface area contributed by atoms with Gasteiger partial charge in [0.15, 0.2) is 5.65 Å². The Balaban J connectivity index is 1.34. The molecular weight excluding hydrogens is 432 g/mol. The van der Waals surface area contributed by atoms with Crippen molar-refractivity contribution in [2.24, 2.45) is 5.92 Å². The Kier molecular flexibility index (Phi) is 4.05. The first-order valence-corrected chi connectivity index (χ1v) is 10.9. The maximum Gasteiger partial charge on any atom is 0.228 e. The zero-order valence-electron chi connectivity index (χ0n) is 15.8. The van der Waals surface area contributed by atoms with Gasteiger partial charge in [-0.2, -0.15) is 14.6 Å². The number of aromatic amines is 1. The molecule has 1 unspecified atom stereocenters. The molecule has 148 valence electrons. The molecule has 3 atom stereocenters. The summed E-state index contributed by atoms with van der Waals surface area (Å²) in [5, 5.41) is 11.5. The molecule has 3 aromatic heterocycles. The van der Waals surface area contributed by atoms with Gasteiger partial charge in [-0.1, -0.05) is 12.1 Å². The van der Waals surface area contributed by atoms with Crippen molar-refractivity contribution in [1.29, 1.82) is 0 Å². The topological polar surface area (TPSA) is 95.8 Å². The fourth-order valence-corrected chi connectivity index (χ4v) is 5.04. The summed E-state index contributed by atoms with van der Waals surface area (Å²) >= 11 is 3.59. The quantitative estimate of drug-likeness (QED) is 0.439. The molecule has 3 fully saturated rings. The highest BCUT2D eigenvalue weighted by Crippen LogP contribution is 2.40. The third-order valence-electron chi connectivity index (χ3n) is 6.19. The van der Waals surface area contributed by atoms with Gasteiger partial charge in [0, 0.05) is 12.0 Å². The summed E-state index contributed by atoms with van der Waals surface area (Å²) in [6.07, 6.45) is 5.39. The van der Waals surface area contributed by atoms with Gasteiger partial charge in [-0.3, -0.25) is 0 Å². The number of para-hydroxylation sites is 2. The van der Waals surface area contributed by atoms with Gasteiger partial charge in [0.05, 0.1) is 28.2 Å². The van der Waals surface area contributed by atoms with Crippen LogP contribution in [0.4, 0.5) is 5.95 Å². The normalized spacial score (nSPS) is 23.8. The maximum absolute atomic E-state index is 4.91. The Hall–Kier alpha value is -2.52. The SMILES string of the molecule is Brc1cnn2c(NCc3nc4ccccc4[nH]3)nc(C3C[C@H]4CC[C@@H]3CN4)nc12. The average Bonchev–Trinajstić information content (AvgIpc) is 3.36. The molecule has 1 aliphatic carbocycles. The number of imidazole rings is 1. The van der Waals surface area contributed by atoms with E-state index in [-0.39, 0.29) is 0 Å². The van der Waals surface area contributed by atoms with Crippen LogP contribution in [0.2, 0.25) is 0 Å². The van der Waals surface area contributed by atoms with Gasteiger partial charge >= 0.3 is 0 Å². The van der Waals surface area contributed by atoms with Crippen LogP contribution in [0.5, 0.6) is 0 Å². The summed E-state index contributed by atoms with van der Waals surface area (Å²) in [6, 6.07) is 8.63. The third-order valence-corrected chi connectivity index (χ3v) is 6.75. The number of hydrogen-bond acceptors (Lipinski definition) is 6. The zero-order valence-corrected chi connectivity index (χ0v) is 17.4. The second-order valence-electron chi connectivity index (χ2n) is 7.97. The van der Waals surface area contributed by atoms with E-state index in [9.17, 15) is 0 Å². The Labute approximate surface area is 175 Å². The second-order valence-corrected chi connectivity index (χ2v) is 8.83. The van der Waals surface area contributed by atoms with E-state index in [1.807, 2.05) is 24.3 Å². The van der Waals surface area contributed by atoms with Gasteiger partial charge in [-0.05, 0) is 59.8 Å². The first-order chi connectivity index (χ1) is 14.2. The Bertz CT molecular complexity index is 1160. The molecule has 5 heterocycles. The number of aromatic nitrogens is 6. The largest absolute Gasteiger partial charge is 0.347 e. The van der Waals surface area contributed by atoms with Crippen molar-refractivity contribution in [3.8, 4) is 0 Å². The van der Waals surface area contributed by atoms with Crippen molar-refractivity contribution in [1.82, 2.24) is 34.9 Å². The van der Waals surface area contributed by atoms with Crippen LogP contribution in [0.15, 0.2) is 34.9 Å². The van der Waals surface area contributed by atoms with E-state index >= 15 is 0 Å². The van der Waals surface area contributed by atoms with Crippen LogP contribution in [0, 0.1) is 5.92 Å². The second kappa shape index (κ2) is 6.77. The van der Waals surface area contributed by atoms with Crippen LogP contribution >= 0.6 is 15.9 Å². The molecule has 1 aromatic carbocycles. The monoisotopic (exact) mass is 452 g/mol. The lowest BCUT2D eigenvalue weighted by Gasteiger charge is -2.42. The molecule has 3 aliphatic rings. The summed E-state index contributed by atoms with van der Waals surface area (Å²) in [5.74, 6) is 3.49. The van der Waals surface area contributed by atoms with Crippen molar-refractivity contribution in [2.75, 3.05) is 11.9 Å². The van der Waals surface area contributed by atoms with E-state index in [1.54, 1.807) is 10.7 Å². The van der Waals surface area contributed by atoms with Crippen molar-refractivity contribution in [3.63, 3.8) is 0 Å². The molecule has 0 radical (unpaired) electrons. The Morgan fingerprint density at radius 1 is 1.17 bits per heavy atom. The molecule has 2 aliphatic heterocycles. The van der Waals surface area contributed by atoms with E-state index in [0.717, 1.165) is 45.8 Å². The fourth-order valence-electron chi connectivity index (χ4n) is 4.70. The highest BCUT2D eigenvalue weighted by molar-refractivity contribution is 9.10. The number of hydrogen-bond donors (Lipinski definition) is 3. The van der Waals surface area contributed by atoms with E-state index < -0.39 is 0 Å². The van der Waals surface area contributed by atoms with Crippen LogP contribution in [0.3, 0.4) is 0 Å². The zero-order chi connectivity index (χ0) is 19.4. The molecule has 3 N–H and O–H groups in total. The molecule has 0 amide bonds. The summed E-state index contributed by atoms with van der Waals surface area (Å²) in [4.78, 5) is 17.8. The highest BCUT2D eigenvalue weighted by Gasteiger charge is 2.38. The first kappa shape index (κ1) is 17.3. The van der Waals surface area contributed by atoms with Gasteiger partial charge in [-0.25, -0.2) is 9.97 Å². The smallest absolute Gasteiger partial charge is 0.228 e. The number of anilines is 1. The number of halogens is 1. The first-order valence-electron chi connectivity index (χ1n) is 10.1. The average molecular weight is 453 g/mol. The number of H-pyrrole nitrogens is 1. The van der Waals surface area contributed by atoms with Crippen molar-refractivity contribution in [2.45, 2.75) is 37.8 Å². The molecule has 0 spiro atoms. The van der Waals surface area contributed by atoms with Crippen LogP contribution in [-0.2, 0) is 6.54 Å². The van der Waals surface area contributed by atoms with E-state index in [0.29, 0.717) is 30.4 Å². The fraction of sp³-hybridized carbons (Fsp3) is 0.400. The van der Waals surface area contributed by atoms with Crippen molar-refractivity contribution < 1.29 is 0 Å². The minimum absolute atomic E-state index is 0.397. The summed E-state index contributed by atoms with van der Waals surface area (Å²) in [6.45, 7) is 1.60. The Morgan fingerprint density at radius 3 is 2.90 bits per heavy atom. The minimum Gasteiger partial charge on any atom is -0.347 e. The van der Waals surface area contributed by atoms with Crippen molar-refractivity contribution in [3.05, 3.63) is 46.6 Å². The third kappa shape index (κ3) is 3.00. The predicted molar refractivity (Wildman–Crippen MR) is 114 cm³/mol. The van der Waals surface area contributed by atoms with Gasteiger partial charge in [-0.15, -0.1) is 0 Å². The number of nitrogens with one attached hydrogen (secondary N) is 3. The lowest BCUT2D eigenvalue weighted by atomic mass is 9.73. The molecule has 29 heavy (non-hydrogen) atoms. The number of piperidine rings is 2. The predicted octanol–water partition coefficient (Wildman–Crippen LogP) is 3.23. The van der Waals surface area contributed by atoms with E-state index in [2.05, 4.69) is 41.6 Å². The Morgan fingerprint density at radius 2 is 2.10 bits per heavy atom. The molecule has 8 nitrogen and oxygen atoms in total. The maximum atomic E-state index is 4.91. The van der Waals surface area contributed by atoms with E-state index in [1.165, 1.54) is 12.8 Å². The number of nitrogens with zero attached hydrogens (tertiary/aromatic N) is 5. The molecule has 4 aromatic rings. The van der Waals surface area contributed by atoms with Crippen LogP contribution in [-0.4, -0.2) is 42.1 Å². The molecule has 1 saturated carbocycles. The van der Waals surface area contributed by atoms with Gasteiger partial charge in [0.2, 0.25) is 5.95 Å². The standard InChI is InChI=1S/C20H21BrN8/c21-14-9-24-29-19(14)27-18(13-7-12-6-5-11(13)8-22-12)28-20(29)23-10-17-25-15-3-1-2-4-16(15)26-17/h1-4,9,11-13,22H,5-8,10H2,(H,25,26)(H,23,27,28)/t11-,12-,13?/m1/s1. The number of rotatable bonds is 4. The molecule has 2 saturated heterocycles. The molecule has 9 heteroatoms. The molecule has 2 bridgehead atoms. The summed E-state index contributed by atoms with van der Waals surface area (Å²) in [5.41, 5.74) is 2.80. The highest BCUT2D eigenvalue weighted by atomic mass is 79.9. The van der Waals surface area contributed by atoms with Crippen LogP contribution < -0.4 is 10.6 Å². The lowest BCUT2D eigenvalue weighted by Crippen LogP contribution is -2.48. The lowest BCUT2D eigenvalue weighted by molar-refractivity contribution is 0.175. The van der Waals surface area contributed by atoms with E-state index in [4.69, 9.17) is 9.97 Å². The number of benzene rings is 1. The van der Waals surface area contributed by atoms with Gasteiger partial charge < -0.3 is 15.6 Å². The van der Waals surface area contributed by atoms with Crippen LogP contribution in [0.1, 0.15) is 36.8 Å². The molecular formula is C20H21BrN8. The molecule has 7 rings (SSSR count). The van der Waals surface area contributed by atoms with Gasteiger partial charge in [0.1, 0.15) is 11.6 Å². The number of fused-ring (bicyclic) bond motifs is 5. The summed E-state index contributed by atoms with van der Waals surface area (Å²) < 4.78 is 2.64. The van der Waals surface area contributed by atoms with Gasteiger partial charge in [0.25, 0.3) is 0 Å². The summed E-state index contributed by atoms with van der Waals surface area (Å²) in [7, 11) is 0. The minimum atomic E-state index is 0.397.